The van der Waals surface area contributed by atoms with Crippen LogP contribution in [0.25, 0.3) is 0 Å². The summed E-state index contributed by atoms with van der Waals surface area (Å²) in [7, 11) is 0. The van der Waals surface area contributed by atoms with Crippen LogP contribution in [0.3, 0.4) is 0 Å². The van der Waals surface area contributed by atoms with E-state index in [2.05, 4.69) is 16.8 Å². The van der Waals surface area contributed by atoms with Gasteiger partial charge in [0.05, 0.1) is 5.01 Å². The molecule has 2 N–H and O–H groups in total. The van der Waals surface area contributed by atoms with Crippen molar-refractivity contribution in [3.05, 3.63) is 16.1 Å². The van der Waals surface area contributed by atoms with Gasteiger partial charge in [-0.2, -0.15) is 0 Å². The molecule has 1 aromatic rings. The summed E-state index contributed by atoms with van der Waals surface area (Å²) in [4.78, 5) is 8.24. The van der Waals surface area contributed by atoms with Crippen LogP contribution in [0.4, 0.5) is 0 Å². The quantitative estimate of drug-likeness (QED) is 0.912. The zero-order valence-electron chi connectivity index (χ0n) is 11.8. The molecule has 3 nitrogen and oxygen atoms in total. The fraction of sp³-hybridized carbons (Fsp3) is 0.786. The smallest absolute Gasteiger partial charge is 0.0941 e. The van der Waals surface area contributed by atoms with E-state index in [0.29, 0.717) is 0 Å². The number of rotatable bonds is 4. The molecule has 4 heteroatoms. The van der Waals surface area contributed by atoms with Crippen molar-refractivity contribution in [1.29, 1.82) is 0 Å². The summed E-state index contributed by atoms with van der Waals surface area (Å²) in [6.45, 7) is 10.1. The van der Waals surface area contributed by atoms with Crippen molar-refractivity contribution < 1.29 is 0 Å². The molecule has 0 aromatic carbocycles. The fourth-order valence-electron chi connectivity index (χ4n) is 2.26. The molecule has 1 aliphatic heterocycles. The summed E-state index contributed by atoms with van der Waals surface area (Å²) in [5, 5.41) is 1.22. The van der Waals surface area contributed by atoms with E-state index in [9.17, 15) is 0 Å². The number of hydrogen-bond donors (Lipinski definition) is 1. The molecule has 18 heavy (non-hydrogen) atoms. The van der Waals surface area contributed by atoms with E-state index in [1.54, 1.807) is 11.3 Å². The minimum atomic E-state index is -0.253. The highest BCUT2D eigenvalue weighted by atomic mass is 32.1. The maximum absolute atomic E-state index is 6.08. The van der Waals surface area contributed by atoms with Crippen LogP contribution in [-0.2, 0) is 12.0 Å². The minimum Gasteiger partial charge on any atom is -0.321 e. The van der Waals surface area contributed by atoms with Crippen molar-refractivity contribution in [1.82, 2.24) is 9.88 Å². The Balaban J connectivity index is 1.82. The molecule has 0 bridgehead atoms. The SMILES string of the molecule is CC1CCN(CCc2ncc(C(C)(C)N)s2)CC1. The van der Waals surface area contributed by atoms with Crippen LogP contribution in [0.2, 0.25) is 0 Å². The Kier molecular flexibility index (Phi) is 4.41. The van der Waals surface area contributed by atoms with E-state index in [0.717, 1.165) is 18.9 Å². The highest BCUT2D eigenvalue weighted by molar-refractivity contribution is 7.11. The lowest BCUT2D eigenvalue weighted by Gasteiger charge is -2.29. The van der Waals surface area contributed by atoms with Crippen LogP contribution in [-0.4, -0.2) is 29.5 Å². The third-order valence-corrected chi connectivity index (χ3v) is 5.10. The lowest BCUT2D eigenvalue weighted by molar-refractivity contribution is 0.194. The van der Waals surface area contributed by atoms with Gasteiger partial charge in [-0.25, -0.2) is 4.98 Å². The first-order valence-corrected chi connectivity index (χ1v) is 7.73. The maximum atomic E-state index is 6.08. The monoisotopic (exact) mass is 267 g/mol. The molecule has 0 radical (unpaired) electrons. The van der Waals surface area contributed by atoms with Gasteiger partial charge in [-0.05, 0) is 45.7 Å². The van der Waals surface area contributed by atoms with Crippen LogP contribution in [0.5, 0.6) is 0 Å². The fourth-order valence-corrected chi connectivity index (χ4v) is 3.18. The Morgan fingerprint density at radius 2 is 2.11 bits per heavy atom. The van der Waals surface area contributed by atoms with Crippen molar-refractivity contribution in [2.24, 2.45) is 11.7 Å². The second-order valence-corrected chi connectivity index (χ2v) is 7.23. The standard InChI is InChI=1S/C14H25N3S/c1-11-4-7-17(8-5-11)9-6-13-16-10-12(18-13)14(2,3)15/h10-11H,4-9,15H2,1-3H3. The predicted octanol–water partition coefficient (Wildman–Crippen LogP) is 2.61. The number of thiazole rings is 1. The lowest BCUT2D eigenvalue weighted by atomic mass is 9.99. The number of aromatic nitrogens is 1. The summed E-state index contributed by atoms with van der Waals surface area (Å²) in [6, 6.07) is 0. The Labute approximate surface area is 114 Å². The Morgan fingerprint density at radius 1 is 1.44 bits per heavy atom. The predicted molar refractivity (Wildman–Crippen MR) is 77.9 cm³/mol. The van der Waals surface area contributed by atoms with E-state index >= 15 is 0 Å². The molecule has 2 heterocycles. The largest absolute Gasteiger partial charge is 0.321 e. The third-order valence-electron chi connectivity index (χ3n) is 3.71. The summed E-state index contributed by atoms with van der Waals surface area (Å²) in [5.74, 6) is 0.908. The summed E-state index contributed by atoms with van der Waals surface area (Å²) in [6.07, 6.45) is 5.70. The highest BCUT2D eigenvalue weighted by Crippen LogP contribution is 2.24. The molecule has 0 aliphatic carbocycles. The first-order valence-electron chi connectivity index (χ1n) is 6.91. The average Bonchev–Trinajstić information content (AvgIpc) is 2.77. The normalized spacial score (nSPS) is 19.3. The topological polar surface area (TPSA) is 42.2 Å². The number of likely N-dealkylation sites (tertiary alicyclic amines) is 1. The van der Waals surface area contributed by atoms with Gasteiger partial charge in [-0.15, -0.1) is 11.3 Å². The molecule has 1 fully saturated rings. The van der Waals surface area contributed by atoms with Crippen molar-refractivity contribution in [3.63, 3.8) is 0 Å². The molecule has 1 aliphatic rings. The summed E-state index contributed by atoms with van der Waals surface area (Å²) in [5.41, 5.74) is 5.83. The van der Waals surface area contributed by atoms with Crippen molar-refractivity contribution in [2.75, 3.05) is 19.6 Å². The van der Waals surface area contributed by atoms with Gasteiger partial charge in [0, 0.05) is 29.6 Å². The third kappa shape index (κ3) is 3.77. The molecule has 2 rings (SSSR count). The zero-order chi connectivity index (χ0) is 13.2. The van der Waals surface area contributed by atoms with Crippen molar-refractivity contribution in [3.8, 4) is 0 Å². The molecule has 102 valence electrons. The van der Waals surface area contributed by atoms with Crippen LogP contribution in [0, 0.1) is 5.92 Å². The Hall–Kier alpha value is -0.450. The second kappa shape index (κ2) is 5.68. The van der Waals surface area contributed by atoms with Gasteiger partial charge < -0.3 is 10.6 Å². The molecule has 1 aromatic heterocycles. The summed E-state index contributed by atoms with van der Waals surface area (Å²) >= 11 is 1.77. The van der Waals surface area contributed by atoms with Crippen molar-refractivity contribution in [2.45, 2.75) is 45.6 Å². The van der Waals surface area contributed by atoms with E-state index in [-0.39, 0.29) is 5.54 Å². The molecular weight excluding hydrogens is 242 g/mol. The van der Waals surface area contributed by atoms with Crippen LogP contribution >= 0.6 is 11.3 Å². The Bertz CT molecular complexity index is 373. The maximum Gasteiger partial charge on any atom is 0.0941 e. The van der Waals surface area contributed by atoms with E-state index in [1.165, 1.54) is 35.8 Å². The van der Waals surface area contributed by atoms with Gasteiger partial charge in [-0.1, -0.05) is 6.92 Å². The average molecular weight is 267 g/mol. The van der Waals surface area contributed by atoms with Crippen LogP contribution in [0.1, 0.15) is 43.5 Å². The Morgan fingerprint density at radius 3 is 2.67 bits per heavy atom. The summed E-state index contributed by atoms with van der Waals surface area (Å²) < 4.78 is 0. The number of hydrogen-bond acceptors (Lipinski definition) is 4. The van der Waals surface area contributed by atoms with E-state index < -0.39 is 0 Å². The molecular formula is C14H25N3S. The van der Waals surface area contributed by atoms with Gasteiger partial charge in [0.15, 0.2) is 0 Å². The molecule has 0 amide bonds. The lowest BCUT2D eigenvalue weighted by Crippen LogP contribution is -2.34. The number of piperidine rings is 1. The van der Waals surface area contributed by atoms with Gasteiger partial charge in [0.2, 0.25) is 0 Å². The molecule has 0 spiro atoms. The van der Waals surface area contributed by atoms with Gasteiger partial charge in [0.1, 0.15) is 0 Å². The van der Waals surface area contributed by atoms with Crippen LogP contribution in [0.15, 0.2) is 6.20 Å². The first-order chi connectivity index (χ1) is 8.45. The minimum absolute atomic E-state index is 0.253. The number of nitrogens with zero attached hydrogens (tertiary/aromatic N) is 2. The van der Waals surface area contributed by atoms with E-state index in [4.69, 9.17) is 5.73 Å². The van der Waals surface area contributed by atoms with Crippen LogP contribution < -0.4 is 5.73 Å². The van der Waals surface area contributed by atoms with Gasteiger partial charge in [-0.3, -0.25) is 0 Å². The zero-order valence-corrected chi connectivity index (χ0v) is 12.6. The number of nitrogens with two attached hydrogens (primary N) is 1. The molecule has 1 saturated heterocycles. The van der Waals surface area contributed by atoms with Crippen molar-refractivity contribution >= 4 is 11.3 Å². The molecule has 0 atom stereocenters. The van der Waals surface area contributed by atoms with Gasteiger partial charge in [0.25, 0.3) is 0 Å². The van der Waals surface area contributed by atoms with E-state index in [1.807, 2.05) is 20.0 Å². The highest BCUT2D eigenvalue weighted by Gasteiger charge is 2.19. The first kappa shape index (κ1) is 14.0. The second-order valence-electron chi connectivity index (χ2n) is 6.11. The van der Waals surface area contributed by atoms with Gasteiger partial charge >= 0.3 is 0 Å². The molecule has 0 saturated carbocycles. The molecule has 0 unspecified atom stereocenters.